The van der Waals surface area contributed by atoms with Gasteiger partial charge in [0.15, 0.2) is 5.78 Å². The van der Waals surface area contributed by atoms with Crippen LogP contribution >= 0.6 is 0 Å². The molecule has 1 aromatic heterocycles. The van der Waals surface area contributed by atoms with Crippen molar-refractivity contribution in [3.05, 3.63) is 78.4 Å². The number of hydrogen-bond acceptors (Lipinski definition) is 10. The monoisotopic (exact) mass is 811 g/mol. The predicted molar refractivity (Wildman–Crippen MR) is 218 cm³/mol. The van der Waals surface area contributed by atoms with Crippen molar-refractivity contribution in [3.8, 4) is 11.4 Å². The zero-order valence-electron chi connectivity index (χ0n) is 33.3. The van der Waals surface area contributed by atoms with Gasteiger partial charge >= 0.3 is 6.09 Å². The molecule has 0 aliphatic heterocycles. The van der Waals surface area contributed by atoms with Crippen molar-refractivity contribution in [1.29, 1.82) is 0 Å². The van der Waals surface area contributed by atoms with Crippen LogP contribution in [-0.2, 0) is 29.1 Å². The van der Waals surface area contributed by atoms with Crippen molar-refractivity contribution in [2.75, 3.05) is 0 Å². The number of alkyl carbamates (subject to hydrolysis) is 1. The zero-order valence-corrected chi connectivity index (χ0v) is 34.1. The summed E-state index contributed by atoms with van der Waals surface area (Å²) in [5.74, 6) is -3.62. The second-order valence-corrected chi connectivity index (χ2v) is 19.3. The van der Waals surface area contributed by atoms with Gasteiger partial charge < -0.3 is 15.4 Å². The van der Waals surface area contributed by atoms with Crippen molar-refractivity contribution in [1.82, 2.24) is 35.6 Å². The van der Waals surface area contributed by atoms with Crippen LogP contribution < -0.4 is 15.4 Å². The molecule has 2 aromatic carbocycles. The Morgan fingerprint density at radius 2 is 1.66 bits per heavy atom. The Bertz CT molecular complexity index is 2170. The molecule has 4 fully saturated rings. The van der Waals surface area contributed by atoms with Crippen molar-refractivity contribution >= 4 is 45.9 Å². The van der Waals surface area contributed by atoms with Crippen LogP contribution in [0.25, 0.3) is 23.5 Å². The third kappa shape index (κ3) is 9.09. The summed E-state index contributed by atoms with van der Waals surface area (Å²) in [6.07, 6.45) is 9.97. The molecule has 3 amide bonds. The minimum atomic E-state index is -3.90. The molecule has 4 aliphatic carbocycles. The van der Waals surface area contributed by atoms with E-state index >= 15 is 0 Å². The first-order chi connectivity index (χ1) is 27.7. The molecule has 0 saturated heterocycles. The number of nitrogens with zero attached hydrogens (tertiary/aromatic N) is 4. The summed E-state index contributed by atoms with van der Waals surface area (Å²) in [6.45, 7) is 9.30. The molecular formula is C43H53N7O7S. The quantitative estimate of drug-likeness (QED) is 0.125. The smallest absolute Gasteiger partial charge is 0.408 e. The molecule has 0 spiro atoms. The van der Waals surface area contributed by atoms with E-state index in [9.17, 15) is 27.6 Å². The number of ketones is 1. The fourth-order valence-electron chi connectivity index (χ4n) is 8.42. The maximum atomic E-state index is 14.8. The molecule has 0 radical (unpaired) electrons. The molecule has 1 heterocycles. The first-order valence-electron chi connectivity index (χ1n) is 20.3. The summed E-state index contributed by atoms with van der Waals surface area (Å²) in [4.78, 5) is 57.7. The van der Waals surface area contributed by atoms with Crippen LogP contribution in [0.15, 0.2) is 67.3 Å². The minimum absolute atomic E-state index is 0.126. The van der Waals surface area contributed by atoms with Gasteiger partial charge in [-0.3, -0.25) is 19.1 Å². The van der Waals surface area contributed by atoms with Gasteiger partial charge in [-0.2, -0.15) is 4.80 Å². The molecule has 15 heteroatoms. The maximum absolute atomic E-state index is 14.8. The average Bonchev–Trinajstić information content (AvgIpc) is 3.93. The summed E-state index contributed by atoms with van der Waals surface area (Å²) in [5.41, 5.74) is 0.401. The van der Waals surface area contributed by atoms with Crippen molar-refractivity contribution < 1.29 is 32.3 Å². The van der Waals surface area contributed by atoms with E-state index in [4.69, 9.17) is 9.84 Å². The molecule has 308 valence electrons. The molecule has 0 bridgehead atoms. The van der Waals surface area contributed by atoms with Crippen molar-refractivity contribution in [3.63, 3.8) is 0 Å². The Labute approximate surface area is 339 Å². The van der Waals surface area contributed by atoms with E-state index in [0.29, 0.717) is 25.1 Å². The largest absolute Gasteiger partial charge is 0.446 e. The van der Waals surface area contributed by atoms with Crippen molar-refractivity contribution in [2.45, 2.75) is 114 Å². The normalized spacial score (nSPS) is 25.2. The number of nitrogens with one attached hydrogen (secondary N) is 3. The van der Waals surface area contributed by atoms with E-state index in [1.165, 1.54) is 4.80 Å². The predicted octanol–water partition coefficient (Wildman–Crippen LogP) is 5.79. The van der Waals surface area contributed by atoms with Crippen LogP contribution in [0.4, 0.5) is 4.79 Å². The van der Waals surface area contributed by atoms with Gasteiger partial charge in [0.25, 0.3) is 5.91 Å². The number of aromatic nitrogens is 4. The lowest BCUT2D eigenvalue weighted by Crippen LogP contribution is -2.56. The summed E-state index contributed by atoms with van der Waals surface area (Å²) >= 11 is 0. The molecule has 2 unspecified atom stereocenters. The number of carbonyl (C=O) groups is 4. The van der Waals surface area contributed by atoms with Crippen LogP contribution in [0.1, 0.15) is 102 Å². The lowest BCUT2D eigenvalue weighted by atomic mass is 9.77. The second-order valence-electron chi connectivity index (χ2n) is 17.3. The summed E-state index contributed by atoms with van der Waals surface area (Å²) < 4.78 is 33.6. The van der Waals surface area contributed by atoms with E-state index in [2.05, 4.69) is 32.2 Å². The number of hydrogen-bond donors (Lipinski definition) is 3. The number of benzene rings is 2. The summed E-state index contributed by atoms with van der Waals surface area (Å²) in [6, 6.07) is 16.0. The second kappa shape index (κ2) is 16.6. The molecule has 7 rings (SSSR count). The first kappa shape index (κ1) is 41.0. The fraction of sp³-hybridized carbons (Fsp3) is 0.512. The van der Waals surface area contributed by atoms with Gasteiger partial charge in [-0.1, -0.05) is 93.6 Å². The Morgan fingerprint density at radius 3 is 2.34 bits per heavy atom. The van der Waals surface area contributed by atoms with E-state index in [0.717, 1.165) is 42.4 Å². The maximum Gasteiger partial charge on any atom is 0.408 e. The molecule has 3 aromatic rings. The fourth-order valence-corrected chi connectivity index (χ4v) is 9.79. The van der Waals surface area contributed by atoms with Crippen LogP contribution in [-0.4, -0.2) is 75.3 Å². The number of tetrazole rings is 1. The lowest BCUT2D eigenvalue weighted by molar-refractivity contribution is -0.137. The molecule has 3 N–H and O–H groups in total. The van der Waals surface area contributed by atoms with Crippen LogP contribution in [0.3, 0.4) is 0 Å². The topological polar surface area (TPSA) is 191 Å². The Hall–Kier alpha value is -5.18. The zero-order chi connectivity index (χ0) is 41.2. The lowest BCUT2D eigenvalue weighted by Gasteiger charge is -2.33. The van der Waals surface area contributed by atoms with Gasteiger partial charge in [0, 0.05) is 17.4 Å². The van der Waals surface area contributed by atoms with E-state index in [-0.39, 0.29) is 37.1 Å². The standard InChI is InChI=1S/C43H53N7O7S/c1-5-13-29-26-43(29,40(53)48-58(55,56)32-22-23-32)45-39(52)35-25-30(24-34(35)36(51)37(42(2,3)4)44-41(54)57-31-17-10-11-18-31)50-47-38(46-49-50)33-19-12-9-16-28(33)21-20-27-14-7-6-8-15-27/h5-9,12,14-16,19-21,29-32,34-35,37H,1,10-11,13,17-18,22-26H2,2-4H3,(H,44,54)(H,45,52)(H,48,53)/b21-20+/t29-,30+,34?,35-,37?,43+/m1/s1. The van der Waals surface area contributed by atoms with Gasteiger partial charge in [-0.25, -0.2) is 13.2 Å². The molecule has 4 aliphatic rings. The molecule has 58 heavy (non-hydrogen) atoms. The van der Waals surface area contributed by atoms with Gasteiger partial charge in [0.05, 0.1) is 17.3 Å². The third-order valence-electron chi connectivity index (χ3n) is 11.9. The van der Waals surface area contributed by atoms with Crippen LogP contribution in [0, 0.1) is 23.2 Å². The number of rotatable bonds is 15. The minimum Gasteiger partial charge on any atom is -0.446 e. The number of Topliss-reactive ketones (excluding diaryl/α,β-unsaturated/α-hetero) is 1. The molecular weight excluding hydrogens is 759 g/mol. The van der Waals surface area contributed by atoms with E-state index in [1.54, 1.807) is 6.08 Å². The van der Waals surface area contributed by atoms with Crippen molar-refractivity contribution in [2.24, 2.45) is 23.2 Å². The van der Waals surface area contributed by atoms with E-state index in [1.807, 2.05) is 87.5 Å². The number of sulfonamides is 1. The third-order valence-corrected chi connectivity index (χ3v) is 13.8. The van der Waals surface area contributed by atoms with Gasteiger partial charge in [-0.05, 0) is 91.9 Å². The number of carbonyl (C=O) groups excluding carboxylic acids is 4. The highest BCUT2D eigenvalue weighted by atomic mass is 32.2. The Balaban J connectivity index is 1.17. The summed E-state index contributed by atoms with van der Waals surface area (Å²) in [5, 5.41) is 18.7. The molecule has 14 nitrogen and oxygen atoms in total. The average molecular weight is 812 g/mol. The van der Waals surface area contributed by atoms with Crippen LogP contribution in [0.2, 0.25) is 0 Å². The highest BCUT2D eigenvalue weighted by Gasteiger charge is 2.62. The Morgan fingerprint density at radius 1 is 0.966 bits per heavy atom. The number of amides is 3. The molecule has 4 saturated carbocycles. The van der Waals surface area contributed by atoms with Gasteiger partial charge in [0.1, 0.15) is 11.6 Å². The van der Waals surface area contributed by atoms with E-state index < -0.39 is 68.1 Å². The SMILES string of the molecule is C=CC[C@@H]1C[C@@]1(NC(=O)[C@@H]1C[C@@H](n2nnc(-c3ccccc3/C=C/c3ccccc3)n2)CC1C(=O)C(NC(=O)OC1CCCC1)C(C)(C)C)C(=O)NS(=O)(=O)C1CC1. The van der Waals surface area contributed by atoms with Crippen LogP contribution in [0.5, 0.6) is 0 Å². The number of allylic oxidation sites excluding steroid dienone is 1. The van der Waals surface area contributed by atoms with Gasteiger partial charge in [-0.15, -0.1) is 16.8 Å². The first-order valence-corrected chi connectivity index (χ1v) is 21.8. The highest BCUT2D eigenvalue weighted by molar-refractivity contribution is 7.91. The highest BCUT2D eigenvalue weighted by Crippen LogP contribution is 2.49. The Kier molecular flexibility index (Phi) is 11.7. The van der Waals surface area contributed by atoms with Gasteiger partial charge in [0.2, 0.25) is 21.8 Å². The summed E-state index contributed by atoms with van der Waals surface area (Å²) in [7, 11) is -3.90. The molecule has 6 atom stereocenters. The number of ether oxygens (including phenoxy) is 1.